The maximum absolute atomic E-state index is 12.0. The molecule has 1 unspecified atom stereocenters. The quantitative estimate of drug-likeness (QED) is 0.719. The molecule has 2 heterocycles. The number of cyclic esters (lactones) is 1. The Balaban J connectivity index is 2.25. The van der Waals surface area contributed by atoms with Gasteiger partial charge in [0.05, 0.1) is 0 Å². The number of hydrogen-bond donors (Lipinski definition) is 0. The maximum Gasteiger partial charge on any atom is 0.342 e. The molecule has 1 atom stereocenters. The van der Waals surface area contributed by atoms with Gasteiger partial charge in [-0.2, -0.15) is 0 Å². The SMILES string of the molecule is CC1Cc2ccc3cc(C(C)C)oc3c2C(=O)O1. The van der Waals surface area contributed by atoms with Crippen LogP contribution in [0.1, 0.15) is 48.4 Å². The molecule has 1 aromatic heterocycles. The summed E-state index contributed by atoms with van der Waals surface area (Å²) in [4.78, 5) is 12.0. The molecular weight excluding hydrogens is 228 g/mol. The van der Waals surface area contributed by atoms with E-state index in [0.29, 0.717) is 17.1 Å². The molecule has 1 aliphatic rings. The second-order valence-electron chi connectivity index (χ2n) is 5.24. The van der Waals surface area contributed by atoms with Gasteiger partial charge in [0, 0.05) is 17.7 Å². The van der Waals surface area contributed by atoms with E-state index in [1.165, 1.54) is 0 Å². The van der Waals surface area contributed by atoms with Gasteiger partial charge in [-0.15, -0.1) is 0 Å². The van der Waals surface area contributed by atoms with Gasteiger partial charge in [0.1, 0.15) is 23.0 Å². The zero-order valence-electron chi connectivity index (χ0n) is 10.8. The Morgan fingerprint density at radius 2 is 2.11 bits per heavy atom. The van der Waals surface area contributed by atoms with E-state index in [-0.39, 0.29) is 12.1 Å². The summed E-state index contributed by atoms with van der Waals surface area (Å²) in [6.45, 7) is 6.06. The molecule has 0 N–H and O–H groups in total. The molecule has 0 spiro atoms. The third-order valence-electron chi connectivity index (χ3n) is 3.38. The van der Waals surface area contributed by atoms with E-state index in [4.69, 9.17) is 9.15 Å². The van der Waals surface area contributed by atoms with Crippen LogP contribution < -0.4 is 0 Å². The molecule has 0 saturated heterocycles. The summed E-state index contributed by atoms with van der Waals surface area (Å²) in [5, 5.41) is 0.976. The third-order valence-corrected chi connectivity index (χ3v) is 3.38. The van der Waals surface area contributed by atoms with Crippen molar-refractivity contribution in [2.75, 3.05) is 0 Å². The van der Waals surface area contributed by atoms with Gasteiger partial charge < -0.3 is 9.15 Å². The zero-order valence-corrected chi connectivity index (χ0v) is 10.8. The minimum atomic E-state index is -0.265. The monoisotopic (exact) mass is 244 g/mol. The molecule has 1 aromatic carbocycles. The summed E-state index contributed by atoms with van der Waals surface area (Å²) in [5.41, 5.74) is 2.31. The first-order chi connectivity index (χ1) is 8.56. The molecule has 0 saturated carbocycles. The number of furan rings is 1. The largest absolute Gasteiger partial charge is 0.460 e. The Morgan fingerprint density at radius 1 is 1.33 bits per heavy atom. The third kappa shape index (κ3) is 1.62. The number of carbonyl (C=O) groups is 1. The summed E-state index contributed by atoms with van der Waals surface area (Å²) < 4.78 is 11.1. The van der Waals surface area contributed by atoms with Crippen LogP contribution in [0.2, 0.25) is 0 Å². The molecule has 0 radical (unpaired) electrons. The van der Waals surface area contributed by atoms with Crippen LogP contribution in [-0.4, -0.2) is 12.1 Å². The summed E-state index contributed by atoms with van der Waals surface area (Å²) in [7, 11) is 0. The fraction of sp³-hybridized carbons (Fsp3) is 0.400. The minimum Gasteiger partial charge on any atom is -0.460 e. The van der Waals surface area contributed by atoms with Crippen LogP contribution in [-0.2, 0) is 11.2 Å². The first-order valence-electron chi connectivity index (χ1n) is 6.32. The highest BCUT2D eigenvalue weighted by molar-refractivity contribution is 6.04. The van der Waals surface area contributed by atoms with Crippen molar-refractivity contribution in [1.82, 2.24) is 0 Å². The fourth-order valence-corrected chi connectivity index (χ4v) is 2.44. The van der Waals surface area contributed by atoms with Crippen molar-refractivity contribution >= 4 is 16.9 Å². The van der Waals surface area contributed by atoms with E-state index in [1.807, 2.05) is 25.1 Å². The van der Waals surface area contributed by atoms with Gasteiger partial charge in [-0.3, -0.25) is 0 Å². The van der Waals surface area contributed by atoms with Crippen LogP contribution in [0.4, 0.5) is 0 Å². The lowest BCUT2D eigenvalue weighted by atomic mass is 9.97. The molecule has 3 nitrogen and oxygen atoms in total. The predicted molar refractivity (Wildman–Crippen MR) is 68.9 cm³/mol. The van der Waals surface area contributed by atoms with Crippen LogP contribution in [0.15, 0.2) is 22.6 Å². The van der Waals surface area contributed by atoms with Gasteiger partial charge in [0.15, 0.2) is 0 Å². The van der Waals surface area contributed by atoms with Crippen molar-refractivity contribution in [3.8, 4) is 0 Å². The number of fused-ring (bicyclic) bond motifs is 3. The first kappa shape index (κ1) is 11.3. The van der Waals surface area contributed by atoms with Gasteiger partial charge in [0.25, 0.3) is 0 Å². The van der Waals surface area contributed by atoms with Crippen LogP contribution in [0.25, 0.3) is 11.0 Å². The van der Waals surface area contributed by atoms with Gasteiger partial charge in [-0.25, -0.2) is 4.79 Å². The average molecular weight is 244 g/mol. The molecule has 0 amide bonds. The molecular formula is C15H16O3. The van der Waals surface area contributed by atoms with Gasteiger partial charge in [-0.05, 0) is 18.6 Å². The molecule has 0 aliphatic carbocycles. The summed E-state index contributed by atoms with van der Waals surface area (Å²) >= 11 is 0. The Hall–Kier alpha value is -1.77. The predicted octanol–water partition coefficient (Wildman–Crippen LogP) is 3.66. The fourth-order valence-electron chi connectivity index (χ4n) is 2.44. The number of esters is 1. The van der Waals surface area contributed by atoms with Crippen LogP contribution in [0.3, 0.4) is 0 Å². The van der Waals surface area contributed by atoms with E-state index < -0.39 is 0 Å². The van der Waals surface area contributed by atoms with Crippen molar-refractivity contribution in [2.24, 2.45) is 0 Å². The number of rotatable bonds is 1. The van der Waals surface area contributed by atoms with Gasteiger partial charge in [-0.1, -0.05) is 26.0 Å². The highest BCUT2D eigenvalue weighted by Crippen LogP contribution is 2.32. The Labute approximate surface area is 106 Å². The van der Waals surface area contributed by atoms with Gasteiger partial charge in [0.2, 0.25) is 0 Å². The van der Waals surface area contributed by atoms with Crippen LogP contribution in [0.5, 0.6) is 0 Å². The van der Waals surface area contributed by atoms with Crippen molar-refractivity contribution in [2.45, 2.75) is 39.2 Å². The highest BCUT2D eigenvalue weighted by atomic mass is 16.5. The number of hydrogen-bond acceptors (Lipinski definition) is 3. The lowest BCUT2D eigenvalue weighted by molar-refractivity contribution is 0.0303. The van der Waals surface area contributed by atoms with Crippen molar-refractivity contribution in [3.05, 3.63) is 35.1 Å². The standard InChI is InChI=1S/C15H16O3/c1-8(2)12-7-11-5-4-10-6-9(3)17-15(16)13(10)14(11)18-12/h4-5,7-9H,6H2,1-3H3. The minimum absolute atomic E-state index is 0.0537. The average Bonchev–Trinajstić information content (AvgIpc) is 2.71. The van der Waals surface area contributed by atoms with Crippen LogP contribution >= 0.6 is 0 Å². The summed E-state index contributed by atoms with van der Waals surface area (Å²) in [6, 6.07) is 6.04. The lowest BCUT2D eigenvalue weighted by Gasteiger charge is -2.21. The molecule has 1 aliphatic heterocycles. The van der Waals surface area contributed by atoms with E-state index >= 15 is 0 Å². The molecule has 0 fully saturated rings. The Morgan fingerprint density at radius 3 is 2.83 bits per heavy atom. The van der Waals surface area contributed by atoms with Crippen molar-refractivity contribution in [1.29, 1.82) is 0 Å². The van der Waals surface area contributed by atoms with E-state index in [9.17, 15) is 4.79 Å². The second-order valence-corrected chi connectivity index (χ2v) is 5.24. The van der Waals surface area contributed by atoms with Crippen LogP contribution in [0, 0.1) is 0 Å². The normalized spacial score (nSPS) is 19.1. The molecule has 18 heavy (non-hydrogen) atoms. The topological polar surface area (TPSA) is 39.4 Å². The van der Waals surface area contributed by atoms with E-state index in [0.717, 1.165) is 23.1 Å². The number of carbonyl (C=O) groups excluding carboxylic acids is 1. The van der Waals surface area contributed by atoms with Crippen molar-refractivity contribution < 1.29 is 13.9 Å². The van der Waals surface area contributed by atoms with E-state index in [1.54, 1.807) is 0 Å². The number of ether oxygens (including phenoxy) is 1. The summed E-state index contributed by atoms with van der Waals surface area (Å²) in [6.07, 6.45) is 0.705. The molecule has 2 aromatic rings. The molecule has 0 bridgehead atoms. The maximum atomic E-state index is 12.0. The smallest absolute Gasteiger partial charge is 0.342 e. The molecule has 3 heteroatoms. The number of benzene rings is 1. The summed E-state index contributed by atoms with van der Waals surface area (Å²) in [5.74, 6) is 0.954. The highest BCUT2D eigenvalue weighted by Gasteiger charge is 2.27. The van der Waals surface area contributed by atoms with E-state index in [2.05, 4.69) is 13.8 Å². The first-order valence-corrected chi connectivity index (χ1v) is 6.32. The second kappa shape index (κ2) is 3.87. The zero-order chi connectivity index (χ0) is 12.9. The van der Waals surface area contributed by atoms with Gasteiger partial charge >= 0.3 is 5.97 Å². The van der Waals surface area contributed by atoms with Crippen molar-refractivity contribution in [3.63, 3.8) is 0 Å². The lowest BCUT2D eigenvalue weighted by Crippen LogP contribution is -2.25. The Kier molecular flexibility index (Phi) is 2.44. The molecule has 3 rings (SSSR count). The molecule has 94 valence electrons. The Bertz CT molecular complexity index is 622.